The fourth-order valence-corrected chi connectivity index (χ4v) is 2.81. The van der Waals surface area contributed by atoms with Gasteiger partial charge in [0, 0.05) is 5.56 Å². The zero-order chi connectivity index (χ0) is 16.5. The van der Waals surface area contributed by atoms with Gasteiger partial charge < -0.3 is 5.73 Å². The molecule has 0 amide bonds. The topological polar surface area (TPSA) is 64.7 Å². The average molecular weight is 333 g/mol. The van der Waals surface area contributed by atoms with Gasteiger partial charge in [-0.25, -0.2) is 15.0 Å². The first kappa shape index (κ1) is 14.6. The number of hydrogen-bond donors (Lipinski definition) is 1. The zero-order valence-electron chi connectivity index (χ0n) is 12.6. The zero-order valence-corrected chi connectivity index (χ0v) is 13.4. The van der Waals surface area contributed by atoms with Gasteiger partial charge in [-0.1, -0.05) is 66.2 Å². The maximum atomic E-state index is 6.03. The fraction of sp³-hybridized carbons (Fsp3) is 0. The standard InChI is InChI=1S/C19H13ClN4/c20-16-11-10-15-18(23-16)17(24-19(21)22-15)14-8-6-13(7-9-14)12-4-2-1-3-5-12/h1-11H,(H2,21,22,24). The Morgan fingerprint density at radius 1 is 0.667 bits per heavy atom. The lowest BCUT2D eigenvalue weighted by Crippen LogP contribution is -1.99. The van der Waals surface area contributed by atoms with Crippen molar-refractivity contribution >= 4 is 28.6 Å². The summed E-state index contributed by atoms with van der Waals surface area (Å²) in [6, 6.07) is 21.8. The second-order valence-corrected chi connectivity index (χ2v) is 5.76. The predicted octanol–water partition coefficient (Wildman–Crippen LogP) is 4.59. The molecule has 0 saturated heterocycles. The average Bonchev–Trinajstić information content (AvgIpc) is 2.62. The molecule has 0 fully saturated rings. The van der Waals surface area contributed by atoms with Crippen molar-refractivity contribution in [2.45, 2.75) is 0 Å². The Hall–Kier alpha value is -2.98. The van der Waals surface area contributed by atoms with Gasteiger partial charge in [-0.05, 0) is 23.3 Å². The van der Waals surface area contributed by atoms with Gasteiger partial charge >= 0.3 is 0 Å². The molecule has 0 bridgehead atoms. The quantitative estimate of drug-likeness (QED) is 0.545. The van der Waals surface area contributed by atoms with Gasteiger partial charge in [0.1, 0.15) is 16.4 Å². The minimum atomic E-state index is 0.216. The van der Waals surface area contributed by atoms with E-state index < -0.39 is 0 Å². The highest BCUT2D eigenvalue weighted by Gasteiger charge is 2.11. The van der Waals surface area contributed by atoms with E-state index in [-0.39, 0.29) is 5.95 Å². The van der Waals surface area contributed by atoms with Crippen LogP contribution < -0.4 is 5.73 Å². The molecule has 2 N–H and O–H groups in total. The van der Waals surface area contributed by atoms with Gasteiger partial charge in [0.25, 0.3) is 0 Å². The van der Waals surface area contributed by atoms with Gasteiger partial charge in [0.05, 0.1) is 5.52 Å². The van der Waals surface area contributed by atoms with E-state index in [0.717, 1.165) is 16.7 Å². The molecule has 24 heavy (non-hydrogen) atoms. The third-order valence-electron chi connectivity index (χ3n) is 3.79. The second-order valence-electron chi connectivity index (χ2n) is 5.38. The molecule has 0 atom stereocenters. The predicted molar refractivity (Wildman–Crippen MR) is 97.6 cm³/mol. The van der Waals surface area contributed by atoms with E-state index in [4.69, 9.17) is 17.3 Å². The van der Waals surface area contributed by atoms with Crippen molar-refractivity contribution in [1.82, 2.24) is 15.0 Å². The molecule has 2 heterocycles. The van der Waals surface area contributed by atoms with Crippen molar-refractivity contribution in [3.05, 3.63) is 71.9 Å². The molecule has 0 unspecified atom stereocenters. The van der Waals surface area contributed by atoms with Crippen molar-refractivity contribution < 1.29 is 0 Å². The van der Waals surface area contributed by atoms with E-state index in [0.29, 0.717) is 21.9 Å². The Morgan fingerprint density at radius 2 is 1.33 bits per heavy atom. The van der Waals surface area contributed by atoms with Gasteiger partial charge in [-0.3, -0.25) is 0 Å². The van der Waals surface area contributed by atoms with Gasteiger partial charge in [-0.15, -0.1) is 0 Å². The van der Waals surface area contributed by atoms with Crippen LogP contribution in [0.5, 0.6) is 0 Å². The second kappa shape index (κ2) is 5.91. The minimum Gasteiger partial charge on any atom is -0.368 e. The molecule has 4 nitrogen and oxygen atoms in total. The van der Waals surface area contributed by atoms with E-state index in [2.05, 4.69) is 39.2 Å². The number of pyridine rings is 1. The highest BCUT2D eigenvalue weighted by molar-refractivity contribution is 6.29. The van der Waals surface area contributed by atoms with Crippen molar-refractivity contribution in [3.8, 4) is 22.4 Å². The van der Waals surface area contributed by atoms with Crippen LogP contribution in [0.2, 0.25) is 5.15 Å². The molecule has 5 heteroatoms. The van der Waals surface area contributed by atoms with Gasteiger partial charge in [-0.2, -0.15) is 0 Å². The SMILES string of the molecule is Nc1nc(-c2ccc(-c3ccccc3)cc2)c2nc(Cl)ccc2n1. The van der Waals surface area contributed by atoms with Crippen LogP contribution in [0.1, 0.15) is 0 Å². The van der Waals surface area contributed by atoms with Crippen molar-refractivity contribution in [3.63, 3.8) is 0 Å². The summed E-state index contributed by atoms with van der Waals surface area (Å²) in [7, 11) is 0. The summed E-state index contributed by atoms with van der Waals surface area (Å²) in [5, 5.41) is 0.401. The Labute approximate surface area is 144 Å². The molecule has 0 aliphatic rings. The molecule has 4 aromatic rings. The lowest BCUT2D eigenvalue weighted by molar-refractivity contribution is 1.21. The normalized spacial score (nSPS) is 10.9. The first-order chi connectivity index (χ1) is 11.7. The molecular formula is C19H13ClN4. The summed E-state index contributed by atoms with van der Waals surface area (Å²) in [6.45, 7) is 0. The van der Waals surface area contributed by atoms with E-state index in [1.165, 1.54) is 0 Å². The number of benzene rings is 2. The summed E-state index contributed by atoms with van der Waals surface area (Å²) in [6.07, 6.45) is 0. The summed E-state index contributed by atoms with van der Waals surface area (Å²) in [4.78, 5) is 12.9. The monoisotopic (exact) mass is 332 g/mol. The number of rotatable bonds is 2. The molecule has 0 spiro atoms. The molecule has 116 valence electrons. The lowest BCUT2D eigenvalue weighted by Gasteiger charge is -2.08. The Kier molecular flexibility index (Phi) is 3.59. The van der Waals surface area contributed by atoms with Crippen LogP contribution in [0.4, 0.5) is 5.95 Å². The summed E-state index contributed by atoms with van der Waals surface area (Å²) < 4.78 is 0. The highest BCUT2D eigenvalue weighted by atomic mass is 35.5. The van der Waals surface area contributed by atoms with Crippen LogP contribution in [0.15, 0.2) is 66.7 Å². The number of nitrogens with zero attached hydrogens (tertiary/aromatic N) is 3. The molecular weight excluding hydrogens is 320 g/mol. The molecule has 2 aromatic heterocycles. The van der Waals surface area contributed by atoms with Crippen LogP contribution >= 0.6 is 11.6 Å². The minimum absolute atomic E-state index is 0.216. The van der Waals surface area contributed by atoms with Gasteiger partial charge in [0.2, 0.25) is 5.95 Å². The summed E-state index contributed by atoms with van der Waals surface area (Å²) in [5.74, 6) is 0.216. The summed E-state index contributed by atoms with van der Waals surface area (Å²) in [5.41, 5.74) is 11.1. The molecule has 2 aromatic carbocycles. The van der Waals surface area contributed by atoms with Crippen molar-refractivity contribution in [2.75, 3.05) is 5.73 Å². The Morgan fingerprint density at radius 3 is 2.08 bits per heavy atom. The maximum Gasteiger partial charge on any atom is 0.221 e. The molecule has 0 aliphatic carbocycles. The van der Waals surface area contributed by atoms with E-state index in [1.54, 1.807) is 12.1 Å². The number of nitrogen functional groups attached to an aromatic ring is 1. The third kappa shape index (κ3) is 2.68. The number of anilines is 1. The molecule has 0 saturated carbocycles. The van der Waals surface area contributed by atoms with Crippen LogP contribution in [-0.4, -0.2) is 15.0 Å². The number of nitrogens with two attached hydrogens (primary N) is 1. The Bertz CT molecular complexity index is 1010. The number of fused-ring (bicyclic) bond motifs is 1. The van der Waals surface area contributed by atoms with Crippen molar-refractivity contribution in [2.24, 2.45) is 0 Å². The van der Waals surface area contributed by atoms with Crippen LogP contribution in [-0.2, 0) is 0 Å². The van der Waals surface area contributed by atoms with E-state index in [9.17, 15) is 0 Å². The Balaban J connectivity index is 1.84. The van der Waals surface area contributed by atoms with Crippen LogP contribution in [0.3, 0.4) is 0 Å². The molecule has 0 radical (unpaired) electrons. The molecule has 4 rings (SSSR count). The third-order valence-corrected chi connectivity index (χ3v) is 4.00. The van der Waals surface area contributed by atoms with Crippen LogP contribution in [0.25, 0.3) is 33.4 Å². The number of halogens is 1. The molecule has 0 aliphatic heterocycles. The maximum absolute atomic E-state index is 6.03. The fourth-order valence-electron chi connectivity index (χ4n) is 2.66. The first-order valence-corrected chi connectivity index (χ1v) is 7.84. The van der Waals surface area contributed by atoms with Crippen LogP contribution in [0, 0.1) is 0 Å². The largest absolute Gasteiger partial charge is 0.368 e. The number of aromatic nitrogens is 3. The van der Waals surface area contributed by atoms with Gasteiger partial charge in [0.15, 0.2) is 0 Å². The lowest BCUT2D eigenvalue weighted by atomic mass is 10.0. The highest BCUT2D eigenvalue weighted by Crippen LogP contribution is 2.28. The van der Waals surface area contributed by atoms with Crippen molar-refractivity contribution in [1.29, 1.82) is 0 Å². The van der Waals surface area contributed by atoms with E-state index >= 15 is 0 Å². The number of hydrogen-bond acceptors (Lipinski definition) is 4. The summed E-state index contributed by atoms with van der Waals surface area (Å²) >= 11 is 6.03. The first-order valence-electron chi connectivity index (χ1n) is 7.46. The van der Waals surface area contributed by atoms with E-state index in [1.807, 2.05) is 30.3 Å². The smallest absolute Gasteiger partial charge is 0.221 e.